The Morgan fingerprint density at radius 2 is 1.56 bits per heavy atom. The maximum atomic E-state index is 13.1. The van der Waals surface area contributed by atoms with Gasteiger partial charge in [0.1, 0.15) is 0 Å². The molecule has 0 atom stereocenters. The smallest absolute Gasteiger partial charge is 0.412 e. The Balaban J connectivity index is 1.52. The Labute approximate surface area is 191 Å². The van der Waals surface area contributed by atoms with Crippen molar-refractivity contribution in [1.29, 1.82) is 0 Å². The van der Waals surface area contributed by atoms with Gasteiger partial charge in [0.25, 0.3) is 11.9 Å². The minimum atomic E-state index is -4.91. The van der Waals surface area contributed by atoms with Crippen LogP contribution in [0.15, 0.2) is 53.6 Å². The van der Waals surface area contributed by atoms with Gasteiger partial charge in [-0.15, -0.1) is 0 Å². The molecule has 0 radical (unpaired) electrons. The molecule has 5 nitrogen and oxygen atoms in total. The molecule has 3 heterocycles. The Bertz CT molecular complexity index is 1020. The molecule has 11 heteroatoms. The number of halogens is 6. The van der Waals surface area contributed by atoms with Crippen molar-refractivity contribution in [3.8, 4) is 0 Å². The normalized spacial score (nSPS) is 21.3. The summed E-state index contributed by atoms with van der Waals surface area (Å²) in [6.45, 7) is 6.82. The fourth-order valence-corrected chi connectivity index (χ4v) is 4.60. The Morgan fingerprint density at radius 1 is 1.00 bits per heavy atom. The Kier molecular flexibility index (Phi) is 5.82. The number of alkyl halides is 6. The average Bonchev–Trinajstić information content (AvgIpc) is 3.26. The number of benzene rings is 1. The summed E-state index contributed by atoms with van der Waals surface area (Å²) in [7, 11) is 0. The van der Waals surface area contributed by atoms with E-state index in [0.717, 1.165) is 11.1 Å². The highest BCUT2D eigenvalue weighted by Gasteiger charge is 2.54. The highest BCUT2D eigenvalue weighted by Crippen LogP contribution is 2.46. The molecule has 0 unspecified atom stereocenters. The fourth-order valence-electron chi connectivity index (χ4n) is 4.60. The van der Waals surface area contributed by atoms with Crippen molar-refractivity contribution >= 4 is 11.9 Å². The average molecular weight is 488 g/mol. The molecule has 0 saturated carbocycles. The van der Waals surface area contributed by atoms with E-state index < -0.39 is 53.4 Å². The van der Waals surface area contributed by atoms with E-state index in [1.165, 1.54) is 0 Å². The number of nitrogens with zero attached hydrogens (tertiary/aromatic N) is 2. The van der Waals surface area contributed by atoms with E-state index in [1.807, 2.05) is 24.3 Å². The second kappa shape index (κ2) is 8.14. The number of likely N-dealkylation sites (tertiary alicyclic amines) is 1. The number of rotatable bonds is 4. The first-order valence-corrected chi connectivity index (χ1v) is 10.6. The maximum absolute atomic E-state index is 13.1. The third kappa shape index (κ3) is 4.33. The highest BCUT2D eigenvalue weighted by molar-refractivity contribution is 6.01. The van der Waals surface area contributed by atoms with Gasteiger partial charge in [-0.1, -0.05) is 37.4 Å². The molecule has 1 aromatic rings. The van der Waals surface area contributed by atoms with Crippen LogP contribution >= 0.6 is 0 Å². The van der Waals surface area contributed by atoms with Crippen LogP contribution < -0.4 is 0 Å². The molecule has 4 rings (SSSR count). The van der Waals surface area contributed by atoms with Crippen LogP contribution in [0.3, 0.4) is 0 Å². The molecule has 1 spiro atoms. The van der Waals surface area contributed by atoms with E-state index in [2.05, 4.69) is 18.2 Å². The van der Waals surface area contributed by atoms with Gasteiger partial charge in [-0.2, -0.15) is 31.3 Å². The van der Waals surface area contributed by atoms with E-state index in [4.69, 9.17) is 9.47 Å². The van der Waals surface area contributed by atoms with Crippen molar-refractivity contribution in [2.24, 2.45) is 4.99 Å². The topological polar surface area (TPSA) is 51.1 Å². The third-order valence-electron chi connectivity index (χ3n) is 6.53. The predicted octanol–water partition coefficient (Wildman–Crippen LogP) is 5.18. The van der Waals surface area contributed by atoms with Crippen molar-refractivity contribution in [3.05, 3.63) is 59.7 Å². The van der Waals surface area contributed by atoms with Gasteiger partial charge in [0.05, 0.1) is 12.2 Å². The van der Waals surface area contributed by atoms with Gasteiger partial charge in [0, 0.05) is 37.1 Å². The van der Waals surface area contributed by atoms with Crippen LogP contribution in [0.4, 0.5) is 26.3 Å². The maximum Gasteiger partial charge on any atom is 0.412 e. The summed E-state index contributed by atoms with van der Waals surface area (Å²) in [6.07, 6.45) is -11.2. The lowest BCUT2D eigenvalue weighted by Gasteiger charge is -2.40. The first-order chi connectivity index (χ1) is 15.8. The number of aliphatic imine (C=N–C) groups is 1. The number of hydrogen-bond acceptors (Lipinski definition) is 4. The van der Waals surface area contributed by atoms with Crippen molar-refractivity contribution in [1.82, 2.24) is 4.90 Å². The van der Waals surface area contributed by atoms with E-state index >= 15 is 0 Å². The number of amidine groups is 1. The number of hydrogen-bond donors (Lipinski definition) is 0. The first kappa shape index (κ1) is 24.3. The molecule has 184 valence electrons. The number of ether oxygens (including phenoxy) is 2. The molecule has 0 N–H and O–H groups in total. The van der Waals surface area contributed by atoms with Gasteiger partial charge in [-0.25, -0.2) is 0 Å². The Morgan fingerprint density at radius 3 is 2.12 bits per heavy atom. The molecule has 1 fully saturated rings. The van der Waals surface area contributed by atoms with E-state index in [9.17, 15) is 31.1 Å². The van der Waals surface area contributed by atoms with Gasteiger partial charge >= 0.3 is 12.4 Å². The zero-order chi connectivity index (χ0) is 24.9. The molecule has 0 aromatic heterocycles. The molecule has 0 bridgehead atoms. The number of carbonyl (C=O) groups excluding carboxylic acids is 1. The number of piperidine rings is 1. The summed E-state index contributed by atoms with van der Waals surface area (Å²) in [4.78, 5) is 18.0. The summed E-state index contributed by atoms with van der Waals surface area (Å²) in [5.74, 6) is -1.22. The molecule has 3 aliphatic rings. The van der Waals surface area contributed by atoms with Gasteiger partial charge in [-0.05, 0) is 24.0 Å². The third-order valence-corrected chi connectivity index (χ3v) is 6.53. The summed E-state index contributed by atoms with van der Waals surface area (Å²) in [5, 5.41) is 0. The molecule has 1 aromatic carbocycles. The van der Waals surface area contributed by atoms with Crippen LogP contribution in [-0.4, -0.2) is 47.9 Å². The Hall–Kier alpha value is -2.82. The summed E-state index contributed by atoms with van der Waals surface area (Å²) < 4.78 is 90.4. The van der Waals surface area contributed by atoms with Gasteiger partial charge in [0.2, 0.25) is 5.60 Å². The van der Waals surface area contributed by atoms with Crippen molar-refractivity contribution in [3.63, 3.8) is 0 Å². The minimum absolute atomic E-state index is 0.289. The van der Waals surface area contributed by atoms with Gasteiger partial charge in [-0.3, -0.25) is 4.79 Å². The van der Waals surface area contributed by atoms with Crippen molar-refractivity contribution in [2.45, 2.75) is 55.8 Å². The van der Waals surface area contributed by atoms with E-state index in [0.29, 0.717) is 19.4 Å². The standard InChI is InChI=1S/C23H22F6N2O3/c1-14(22(24,25)26)11-21(12-15(2)23(27,28)29)18(32)30-19(34-21)31-9-7-20(8-10-31)17-6-4-3-5-16(17)13-33-20/h3-6H,1-2,7-13H2. The summed E-state index contributed by atoms with van der Waals surface area (Å²) in [6, 6.07) is 7.46. The SMILES string of the molecule is C=C(CC1(CC(=C)C(F)(F)F)OC(N2CCC3(CC2)OCc2ccccc23)=NC1=O)C(F)(F)F. The van der Waals surface area contributed by atoms with Crippen LogP contribution in [-0.2, 0) is 26.5 Å². The molecule has 0 aliphatic carbocycles. The fraction of sp³-hybridized carbons (Fsp3) is 0.478. The van der Waals surface area contributed by atoms with Crippen molar-refractivity contribution < 1.29 is 40.6 Å². The number of fused-ring (bicyclic) bond motifs is 2. The van der Waals surface area contributed by atoms with Crippen LogP contribution in [0.5, 0.6) is 0 Å². The first-order valence-electron chi connectivity index (χ1n) is 10.6. The van der Waals surface area contributed by atoms with Crippen molar-refractivity contribution in [2.75, 3.05) is 13.1 Å². The van der Waals surface area contributed by atoms with Crippen LogP contribution in [0.2, 0.25) is 0 Å². The van der Waals surface area contributed by atoms with E-state index in [1.54, 1.807) is 4.90 Å². The number of carbonyl (C=O) groups is 1. The molecule has 1 saturated heterocycles. The van der Waals surface area contributed by atoms with Crippen LogP contribution in [0.25, 0.3) is 0 Å². The minimum Gasteiger partial charge on any atom is -0.447 e. The lowest BCUT2D eigenvalue weighted by Crippen LogP contribution is -2.47. The van der Waals surface area contributed by atoms with Gasteiger partial charge < -0.3 is 14.4 Å². The zero-order valence-electron chi connectivity index (χ0n) is 18.1. The van der Waals surface area contributed by atoms with Crippen LogP contribution in [0, 0.1) is 0 Å². The summed E-state index contributed by atoms with van der Waals surface area (Å²) >= 11 is 0. The molecule has 3 aliphatic heterocycles. The largest absolute Gasteiger partial charge is 0.447 e. The lowest BCUT2D eigenvalue weighted by atomic mass is 9.84. The second-order valence-corrected chi connectivity index (χ2v) is 8.78. The number of amides is 1. The van der Waals surface area contributed by atoms with E-state index in [-0.39, 0.29) is 19.1 Å². The highest BCUT2D eigenvalue weighted by atomic mass is 19.4. The quantitative estimate of drug-likeness (QED) is 0.433. The second-order valence-electron chi connectivity index (χ2n) is 8.78. The predicted molar refractivity (Wildman–Crippen MR) is 110 cm³/mol. The molecule has 1 amide bonds. The van der Waals surface area contributed by atoms with Crippen LogP contribution in [0.1, 0.15) is 36.8 Å². The lowest BCUT2D eigenvalue weighted by molar-refractivity contribution is -0.137. The van der Waals surface area contributed by atoms with Gasteiger partial charge in [0.15, 0.2) is 0 Å². The molecular weight excluding hydrogens is 466 g/mol. The monoisotopic (exact) mass is 488 g/mol. The zero-order valence-corrected chi connectivity index (χ0v) is 18.1. The summed E-state index contributed by atoms with van der Waals surface area (Å²) in [5.41, 5.74) is -3.71. The molecule has 34 heavy (non-hydrogen) atoms. The molecular formula is C23H22F6N2O3.